The van der Waals surface area contributed by atoms with E-state index < -0.39 is 12.1 Å². The molecule has 1 heterocycles. The molecular formula is C14H16ClF3N2O. The summed E-state index contributed by atoms with van der Waals surface area (Å²) in [7, 11) is 0. The smallest absolute Gasteiger partial charge is 0.325 e. The van der Waals surface area contributed by atoms with E-state index in [2.05, 4.69) is 5.32 Å². The number of nitrogens with one attached hydrogen (secondary N) is 1. The van der Waals surface area contributed by atoms with E-state index in [0.717, 1.165) is 0 Å². The van der Waals surface area contributed by atoms with Gasteiger partial charge in [-0.25, -0.2) is 0 Å². The number of hydrogen-bond donors (Lipinski definition) is 1. The highest BCUT2D eigenvalue weighted by atomic mass is 35.5. The molecule has 21 heavy (non-hydrogen) atoms. The van der Waals surface area contributed by atoms with Crippen LogP contribution in [0.3, 0.4) is 0 Å². The number of carbonyl (C=O) groups excluding carboxylic acids is 1. The Morgan fingerprint density at radius 3 is 2.62 bits per heavy atom. The molecule has 0 radical (unpaired) electrons. The lowest BCUT2D eigenvalue weighted by molar-refractivity contribution is -0.186. The van der Waals surface area contributed by atoms with Crippen molar-refractivity contribution in [2.45, 2.75) is 19.0 Å². The monoisotopic (exact) mass is 320 g/mol. The number of amides is 1. The number of benzene rings is 1. The Hall–Kier alpha value is -1.27. The third kappa shape index (κ3) is 4.89. The van der Waals surface area contributed by atoms with Crippen molar-refractivity contribution in [2.75, 3.05) is 25.0 Å². The Kier molecular flexibility index (Phi) is 5.11. The van der Waals surface area contributed by atoms with E-state index in [4.69, 9.17) is 11.6 Å². The van der Waals surface area contributed by atoms with Crippen LogP contribution in [0.25, 0.3) is 0 Å². The van der Waals surface area contributed by atoms with Crippen LogP contribution in [0.1, 0.15) is 12.8 Å². The maximum Gasteiger partial charge on any atom is 0.393 e. The summed E-state index contributed by atoms with van der Waals surface area (Å²) in [4.78, 5) is 13.4. The van der Waals surface area contributed by atoms with Gasteiger partial charge in [-0.15, -0.1) is 0 Å². The van der Waals surface area contributed by atoms with Gasteiger partial charge in [-0.3, -0.25) is 9.69 Å². The van der Waals surface area contributed by atoms with Crippen LogP contribution in [0.2, 0.25) is 5.02 Å². The zero-order valence-corrected chi connectivity index (χ0v) is 12.0. The van der Waals surface area contributed by atoms with Crippen molar-refractivity contribution < 1.29 is 18.0 Å². The first-order chi connectivity index (χ1) is 9.84. The van der Waals surface area contributed by atoms with Gasteiger partial charge >= 0.3 is 6.18 Å². The third-order valence-electron chi connectivity index (χ3n) is 3.46. The molecule has 1 amide bonds. The molecule has 0 bridgehead atoms. The number of halogens is 4. The minimum absolute atomic E-state index is 0.0325. The molecule has 2 rings (SSSR count). The molecule has 1 aromatic rings. The van der Waals surface area contributed by atoms with Gasteiger partial charge in [0, 0.05) is 17.3 Å². The predicted molar refractivity (Wildman–Crippen MR) is 75.3 cm³/mol. The summed E-state index contributed by atoms with van der Waals surface area (Å²) in [6.07, 6.45) is -3.59. The first kappa shape index (κ1) is 16.1. The number of hydrogen-bond acceptors (Lipinski definition) is 2. The molecule has 0 unspecified atom stereocenters. The average Bonchev–Trinajstić information content (AvgIpc) is 2.41. The van der Waals surface area contributed by atoms with Gasteiger partial charge in [0.15, 0.2) is 0 Å². The van der Waals surface area contributed by atoms with Crippen LogP contribution >= 0.6 is 11.6 Å². The second-order valence-electron chi connectivity index (χ2n) is 5.17. The highest BCUT2D eigenvalue weighted by Gasteiger charge is 2.41. The summed E-state index contributed by atoms with van der Waals surface area (Å²) in [6.45, 7) is 0.368. The van der Waals surface area contributed by atoms with E-state index in [-0.39, 0.29) is 25.4 Å². The van der Waals surface area contributed by atoms with Crippen molar-refractivity contribution in [3.05, 3.63) is 29.3 Å². The number of carbonyl (C=O) groups is 1. The summed E-state index contributed by atoms with van der Waals surface area (Å²) >= 11 is 5.74. The lowest BCUT2D eigenvalue weighted by Gasteiger charge is -2.33. The first-order valence-electron chi connectivity index (χ1n) is 6.69. The van der Waals surface area contributed by atoms with Crippen LogP contribution in [0.15, 0.2) is 24.3 Å². The lowest BCUT2D eigenvalue weighted by Crippen LogP contribution is -2.44. The molecule has 1 N–H and O–H groups in total. The third-order valence-corrected chi connectivity index (χ3v) is 3.72. The molecule has 1 aliphatic rings. The van der Waals surface area contributed by atoms with E-state index in [9.17, 15) is 18.0 Å². The van der Waals surface area contributed by atoms with Crippen LogP contribution in [0.4, 0.5) is 18.9 Å². The summed E-state index contributed by atoms with van der Waals surface area (Å²) in [5.74, 6) is -1.66. The molecule has 1 aromatic carbocycles. The average molecular weight is 321 g/mol. The summed E-state index contributed by atoms with van der Waals surface area (Å²) < 4.78 is 38.1. The van der Waals surface area contributed by atoms with Crippen molar-refractivity contribution in [3.63, 3.8) is 0 Å². The molecule has 1 fully saturated rings. The first-order valence-corrected chi connectivity index (χ1v) is 7.07. The largest absolute Gasteiger partial charge is 0.393 e. The second-order valence-corrected chi connectivity index (χ2v) is 5.61. The summed E-state index contributed by atoms with van der Waals surface area (Å²) in [5, 5.41) is 3.20. The molecular weight excluding hydrogens is 305 g/mol. The lowest BCUT2D eigenvalue weighted by atomic mass is 9.97. The van der Waals surface area contributed by atoms with Gasteiger partial charge < -0.3 is 5.32 Å². The minimum Gasteiger partial charge on any atom is -0.325 e. The standard InChI is InChI=1S/C14H16ClF3N2O/c15-11-3-5-12(6-4-11)19-13(21)9-20-7-1-2-10(8-20)14(16,17)18/h3-6,10H,1-2,7-9H2,(H,19,21)/t10-/m0/s1. The summed E-state index contributed by atoms with van der Waals surface area (Å²) in [5.41, 5.74) is 0.578. The SMILES string of the molecule is O=C(CN1CCC[C@H](C(F)(F)F)C1)Nc1ccc(Cl)cc1. The van der Waals surface area contributed by atoms with Crippen LogP contribution in [-0.4, -0.2) is 36.6 Å². The predicted octanol–water partition coefficient (Wildman–Crippen LogP) is 3.55. The van der Waals surface area contributed by atoms with Crippen LogP contribution in [-0.2, 0) is 4.79 Å². The molecule has 0 spiro atoms. The highest BCUT2D eigenvalue weighted by molar-refractivity contribution is 6.30. The van der Waals surface area contributed by atoms with Gasteiger partial charge in [0.1, 0.15) is 0 Å². The molecule has 0 aromatic heterocycles. The molecule has 0 saturated carbocycles. The Labute approximate surface area is 126 Å². The zero-order chi connectivity index (χ0) is 15.5. The van der Waals surface area contributed by atoms with E-state index in [1.54, 1.807) is 29.2 Å². The van der Waals surface area contributed by atoms with Gasteiger partial charge in [0.2, 0.25) is 5.91 Å². The maximum atomic E-state index is 12.7. The molecule has 0 aliphatic carbocycles. The van der Waals surface area contributed by atoms with Crippen LogP contribution in [0, 0.1) is 5.92 Å². The topological polar surface area (TPSA) is 32.3 Å². The zero-order valence-electron chi connectivity index (χ0n) is 11.3. The van der Waals surface area contributed by atoms with E-state index in [0.29, 0.717) is 23.7 Å². The number of anilines is 1. The molecule has 7 heteroatoms. The summed E-state index contributed by atoms with van der Waals surface area (Å²) in [6, 6.07) is 6.57. The number of likely N-dealkylation sites (tertiary alicyclic amines) is 1. The van der Waals surface area contributed by atoms with Gasteiger partial charge in [0.05, 0.1) is 12.5 Å². The number of nitrogens with zero attached hydrogens (tertiary/aromatic N) is 1. The Bertz CT molecular complexity index is 490. The Morgan fingerprint density at radius 2 is 2.00 bits per heavy atom. The van der Waals surface area contributed by atoms with E-state index in [1.165, 1.54) is 0 Å². The fourth-order valence-electron chi connectivity index (χ4n) is 2.40. The van der Waals surface area contributed by atoms with Gasteiger partial charge in [-0.2, -0.15) is 13.2 Å². The fraction of sp³-hybridized carbons (Fsp3) is 0.500. The van der Waals surface area contributed by atoms with E-state index >= 15 is 0 Å². The maximum absolute atomic E-state index is 12.7. The van der Waals surface area contributed by atoms with Crippen LogP contribution < -0.4 is 5.32 Å². The second kappa shape index (κ2) is 6.66. The number of piperidine rings is 1. The Balaban J connectivity index is 1.86. The molecule has 1 saturated heterocycles. The normalized spacial score (nSPS) is 20.3. The quantitative estimate of drug-likeness (QED) is 0.923. The van der Waals surface area contributed by atoms with Crippen molar-refractivity contribution >= 4 is 23.2 Å². The van der Waals surface area contributed by atoms with E-state index in [1.807, 2.05) is 0 Å². The molecule has 1 aliphatic heterocycles. The van der Waals surface area contributed by atoms with Gasteiger partial charge in [-0.1, -0.05) is 11.6 Å². The van der Waals surface area contributed by atoms with Crippen LogP contribution in [0.5, 0.6) is 0 Å². The van der Waals surface area contributed by atoms with Crippen molar-refractivity contribution in [1.82, 2.24) is 4.90 Å². The van der Waals surface area contributed by atoms with Gasteiger partial charge in [0.25, 0.3) is 0 Å². The minimum atomic E-state index is -4.19. The number of alkyl halides is 3. The number of rotatable bonds is 3. The van der Waals surface area contributed by atoms with Crippen molar-refractivity contribution in [3.8, 4) is 0 Å². The molecule has 3 nitrogen and oxygen atoms in total. The van der Waals surface area contributed by atoms with Crippen molar-refractivity contribution in [1.29, 1.82) is 0 Å². The van der Waals surface area contributed by atoms with Gasteiger partial charge in [-0.05, 0) is 43.7 Å². The highest BCUT2D eigenvalue weighted by Crippen LogP contribution is 2.32. The Morgan fingerprint density at radius 1 is 1.33 bits per heavy atom. The fourth-order valence-corrected chi connectivity index (χ4v) is 2.53. The molecule has 1 atom stereocenters. The molecule has 116 valence electrons. The van der Waals surface area contributed by atoms with Crippen molar-refractivity contribution in [2.24, 2.45) is 5.92 Å².